The number of phenols is 1. The van der Waals surface area contributed by atoms with Crippen LogP contribution in [0.25, 0.3) is 5.76 Å². The number of aliphatic hydroxyl groups excluding tert-OH is 1. The number of ether oxygens (including phenoxy) is 2. The van der Waals surface area contributed by atoms with Crippen molar-refractivity contribution in [2.75, 3.05) is 13.7 Å². The quantitative estimate of drug-likeness (QED) is 0.244. The molecule has 1 saturated heterocycles. The predicted molar refractivity (Wildman–Crippen MR) is 142 cm³/mol. The summed E-state index contributed by atoms with van der Waals surface area (Å²) >= 11 is 3.34. The van der Waals surface area contributed by atoms with Crippen LogP contribution in [0.2, 0.25) is 0 Å². The summed E-state index contributed by atoms with van der Waals surface area (Å²) in [7, 11) is 1.42. The summed E-state index contributed by atoms with van der Waals surface area (Å²) in [6, 6.07) is 17.3. The van der Waals surface area contributed by atoms with Crippen molar-refractivity contribution in [2.24, 2.45) is 0 Å². The van der Waals surface area contributed by atoms with Crippen LogP contribution in [0.15, 0.2) is 70.7 Å². The number of phenolic OH excluding ortho intramolecular Hbond substituents is 1. The largest absolute Gasteiger partial charge is 0.507 e. The van der Waals surface area contributed by atoms with Crippen LogP contribution in [-0.4, -0.2) is 46.6 Å². The van der Waals surface area contributed by atoms with Gasteiger partial charge in [-0.2, -0.15) is 0 Å². The maximum Gasteiger partial charge on any atom is 0.295 e. The molecule has 0 spiro atoms. The monoisotopic (exact) mass is 563 g/mol. The number of methoxy groups -OCH3 is 1. The summed E-state index contributed by atoms with van der Waals surface area (Å²) in [6.07, 6.45) is 1.24. The van der Waals surface area contributed by atoms with E-state index in [-0.39, 0.29) is 35.5 Å². The molecule has 8 heteroatoms. The molecular formula is C29H26BrNO6. The summed E-state index contributed by atoms with van der Waals surface area (Å²) in [5.41, 5.74) is 2.89. The molecule has 0 radical (unpaired) electrons. The normalized spacial score (nSPS) is 20.1. The van der Waals surface area contributed by atoms with E-state index in [2.05, 4.69) is 15.9 Å². The van der Waals surface area contributed by atoms with Gasteiger partial charge in [0.05, 0.1) is 23.2 Å². The number of rotatable bonds is 6. The molecule has 2 aliphatic heterocycles. The van der Waals surface area contributed by atoms with Gasteiger partial charge in [0.15, 0.2) is 11.5 Å². The number of ketones is 1. The smallest absolute Gasteiger partial charge is 0.295 e. The van der Waals surface area contributed by atoms with E-state index in [0.29, 0.717) is 28.4 Å². The van der Waals surface area contributed by atoms with Crippen molar-refractivity contribution in [3.05, 3.63) is 93.0 Å². The van der Waals surface area contributed by atoms with Gasteiger partial charge in [-0.05, 0) is 76.3 Å². The first-order valence-electron chi connectivity index (χ1n) is 12.0. The average Bonchev–Trinajstić information content (AvgIpc) is 3.39. The molecule has 2 N–H and O–H groups in total. The molecule has 0 aromatic heterocycles. The summed E-state index contributed by atoms with van der Waals surface area (Å²) in [5.74, 6) is -0.873. The first kappa shape index (κ1) is 24.9. The Morgan fingerprint density at radius 2 is 1.89 bits per heavy atom. The van der Waals surface area contributed by atoms with Gasteiger partial charge in [0.25, 0.3) is 11.7 Å². The minimum atomic E-state index is -0.877. The molecule has 3 aromatic carbocycles. The molecule has 0 aliphatic carbocycles. The van der Waals surface area contributed by atoms with Crippen molar-refractivity contribution in [3.8, 4) is 17.2 Å². The van der Waals surface area contributed by atoms with Crippen LogP contribution >= 0.6 is 15.9 Å². The average molecular weight is 564 g/mol. The lowest BCUT2D eigenvalue weighted by Gasteiger charge is -2.26. The van der Waals surface area contributed by atoms with E-state index < -0.39 is 17.7 Å². The number of carbonyl (C=O) groups excluding carboxylic acids is 2. The fourth-order valence-corrected chi connectivity index (χ4v) is 5.44. The number of amides is 1. The van der Waals surface area contributed by atoms with E-state index in [1.807, 2.05) is 37.3 Å². The summed E-state index contributed by atoms with van der Waals surface area (Å²) in [5, 5.41) is 21.8. The molecule has 7 nitrogen and oxygen atoms in total. The Balaban J connectivity index is 1.62. The Morgan fingerprint density at radius 3 is 2.62 bits per heavy atom. The van der Waals surface area contributed by atoms with Crippen LogP contribution in [0.4, 0.5) is 0 Å². The number of halogens is 1. The molecule has 37 heavy (non-hydrogen) atoms. The van der Waals surface area contributed by atoms with Crippen molar-refractivity contribution >= 4 is 33.4 Å². The number of benzene rings is 3. The Kier molecular flexibility index (Phi) is 6.69. The van der Waals surface area contributed by atoms with E-state index in [4.69, 9.17) is 9.47 Å². The molecule has 1 amide bonds. The Labute approximate surface area is 223 Å². The van der Waals surface area contributed by atoms with Gasteiger partial charge in [-0.3, -0.25) is 9.59 Å². The lowest BCUT2D eigenvalue weighted by molar-refractivity contribution is -0.139. The molecular weight excluding hydrogens is 538 g/mol. The maximum absolute atomic E-state index is 13.4. The number of likely N-dealkylation sites (tertiary alicyclic amines) is 1. The van der Waals surface area contributed by atoms with E-state index in [1.54, 1.807) is 30.3 Å². The van der Waals surface area contributed by atoms with E-state index in [9.17, 15) is 19.8 Å². The van der Waals surface area contributed by atoms with E-state index in [0.717, 1.165) is 16.9 Å². The minimum absolute atomic E-state index is 0.00961. The number of hydrogen-bond acceptors (Lipinski definition) is 6. The molecule has 1 fully saturated rings. The summed E-state index contributed by atoms with van der Waals surface area (Å²) in [6.45, 7) is 2.22. The number of aromatic hydroxyl groups is 1. The van der Waals surface area contributed by atoms with Crippen LogP contribution in [0.1, 0.15) is 35.2 Å². The molecule has 0 bridgehead atoms. The molecule has 190 valence electrons. The topological polar surface area (TPSA) is 96.3 Å². The number of aliphatic hydroxyl groups is 1. The fraction of sp³-hybridized carbons (Fsp3) is 0.241. The minimum Gasteiger partial charge on any atom is -0.507 e. The van der Waals surface area contributed by atoms with Gasteiger partial charge in [-0.1, -0.05) is 30.3 Å². The van der Waals surface area contributed by atoms with Crippen LogP contribution < -0.4 is 9.47 Å². The number of nitrogens with zero attached hydrogens (tertiary/aromatic N) is 1. The second-order valence-electron chi connectivity index (χ2n) is 9.24. The number of hydrogen-bond donors (Lipinski definition) is 2. The predicted octanol–water partition coefficient (Wildman–Crippen LogP) is 5.15. The van der Waals surface area contributed by atoms with Crippen LogP contribution in [-0.2, 0) is 22.4 Å². The van der Waals surface area contributed by atoms with Crippen LogP contribution in [0, 0.1) is 0 Å². The molecule has 5 rings (SSSR count). The highest BCUT2D eigenvalue weighted by molar-refractivity contribution is 9.10. The van der Waals surface area contributed by atoms with Crippen LogP contribution in [0.5, 0.6) is 17.2 Å². The van der Waals surface area contributed by atoms with Crippen LogP contribution in [0.3, 0.4) is 0 Å². The van der Waals surface area contributed by atoms with Gasteiger partial charge < -0.3 is 24.6 Å². The molecule has 2 heterocycles. The first-order valence-corrected chi connectivity index (χ1v) is 12.8. The summed E-state index contributed by atoms with van der Waals surface area (Å²) in [4.78, 5) is 28.2. The van der Waals surface area contributed by atoms with E-state index >= 15 is 0 Å². The molecule has 2 atom stereocenters. The first-order chi connectivity index (χ1) is 17.8. The van der Waals surface area contributed by atoms with Crippen molar-refractivity contribution in [2.45, 2.75) is 31.9 Å². The number of carbonyl (C=O) groups is 2. The second-order valence-corrected chi connectivity index (χ2v) is 10.1. The lowest BCUT2D eigenvalue weighted by atomic mass is 9.94. The van der Waals surface area contributed by atoms with Gasteiger partial charge in [-0.25, -0.2) is 0 Å². The Hall–Kier alpha value is -3.78. The highest BCUT2D eigenvalue weighted by atomic mass is 79.9. The van der Waals surface area contributed by atoms with Crippen molar-refractivity contribution in [3.63, 3.8) is 0 Å². The van der Waals surface area contributed by atoms with Gasteiger partial charge in [0.1, 0.15) is 17.6 Å². The molecule has 0 saturated carbocycles. The standard InChI is InChI=1S/C29H26BrNO6/c1-16-12-19-13-18(8-9-22(19)37-16)26(32)24-25(20-14-21(30)27(33)23(15-20)36-2)31(29(35)28(24)34)11-10-17-6-4-3-5-7-17/h3-9,13-16,25,32-33H,10-12H2,1-2H3/b26-24+/t16-,25+/m1/s1. The van der Waals surface area contributed by atoms with Gasteiger partial charge >= 0.3 is 0 Å². The Morgan fingerprint density at radius 1 is 1.14 bits per heavy atom. The fourth-order valence-electron chi connectivity index (χ4n) is 4.98. The third-order valence-electron chi connectivity index (χ3n) is 6.78. The zero-order valence-electron chi connectivity index (χ0n) is 20.4. The van der Waals surface area contributed by atoms with E-state index in [1.165, 1.54) is 12.0 Å². The van der Waals surface area contributed by atoms with Crippen molar-refractivity contribution in [1.29, 1.82) is 0 Å². The third kappa shape index (κ3) is 4.57. The zero-order valence-corrected chi connectivity index (χ0v) is 22.0. The second kappa shape index (κ2) is 9.94. The third-order valence-corrected chi connectivity index (χ3v) is 7.38. The highest BCUT2D eigenvalue weighted by Gasteiger charge is 2.46. The summed E-state index contributed by atoms with van der Waals surface area (Å²) < 4.78 is 11.4. The van der Waals surface area contributed by atoms with Gasteiger partial charge in [0, 0.05) is 18.5 Å². The highest BCUT2D eigenvalue weighted by Crippen LogP contribution is 2.44. The van der Waals surface area contributed by atoms with Gasteiger partial charge in [-0.15, -0.1) is 0 Å². The number of fused-ring (bicyclic) bond motifs is 1. The SMILES string of the molecule is COc1cc([C@H]2/C(=C(\O)c3ccc4c(c3)C[C@@H](C)O4)C(=O)C(=O)N2CCc2ccccc2)cc(Br)c1O. The molecule has 0 unspecified atom stereocenters. The van der Waals surface area contributed by atoms with Crippen molar-refractivity contribution < 1.29 is 29.3 Å². The maximum atomic E-state index is 13.4. The number of Topliss-reactive ketones (excluding diaryl/α,β-unsaturated/α-hetero) is 1. The van der Waals surface area contributed by atoms with Gasteiger partial charge in [0.2, 0.25) is 0 Å². The van der Waals surface area contributed by atoms with Crippen molar-refractivity contribution in [1.82, 2.24) is 4.90 Å². The lowest BCUT2D eigenvalue weighted by Crippen LogP contribution is -2.31. The Bertz CT molecular complexity index is 1420. The zero-order chi connectivity index (χ0) is 26.3. The molecule has 2 aliphatic rings. The molecule has 3 aromatic rings.